The van der Waals surface area contributed by atoms with Gasteiger partial charge in [-0.2, -0.15) is 0 Å². The molecule has 1 aromatic heterocycles. The van der Waals surface area contributed by atoms with Gasteiger partial charge in [0.25, 0.3) is 0 Å². The van der Waals surface area contributed by atoms with Crippen LogP contribution in [0.3, 0.4) is 0 Å². The van der Waals surface area contributed by atoms with Crippen LogP contribution in [0.15, 0.2) is 42.7 Å². The molecule has 1 heterocycles. The van der Waals surface area contributed by atoms with Gasteiger partial charge in [0.2, 0.25) is 0 Å². The van der Waals surface area contributed by atoms with Gasteiger partial charge in [0.1, 0.15) is 5.82 Å². The Morgan fingerprint density at radius 1 is 1.06 bits per heavy atom. The minimum Gasteiger partial charge on any atom is -0.490 e. The fourth-order valence-electron chi connectivity index (χ4n) is 3.40. The van der Waals surface area contributed by atoms with Crippen LogP contribution in [0.2, 0.25) is 10.0 Å². The lowest BCUT2D eigenvalue weighted by Gasteiger charge is -2.18. The van der Waals surface area contributed by atoms with Crippen LogP contribution in [0.1, 0.15) is 19.4 Å². The summed E-state index contributed by atoms with van der Waals surface area (Å²) >= 11 is 12.1. The molecule has 11 heteroatoms. The molecule has 0 aliphatic heterocycles. The van der Waals surface area contributed by atoms with E-state index in [4.69, 9.17) is 27.9 Å². The molecule has 0 saturated heterocycles. The van der Waals surface area contributed by atoms with Crippen molar-refractivity contribution in [1.82, 2.24) is 20.2 Å². The van der Waals surface area contributed by atoms with Crippen molar-refractivity contribution in [2.45, 2.75) is 20.3 Å². The van der Waals surface area contributed by atoms with E-state index in [1.165, 1.54) is 42.7 Å². The fourth-order valence-corrected chi connectivity index (χ4v) is 3.96. The summed E-state index contributed by atoms with van der Waals surface area (Å²) in [6.07, 6.45) is 3.11. The van der Waals surface area contributed by atoms with Crippen LogP contribution >= 0.6 is 23.2 Å². The molecule has 0 saturated carbocycles. The second-order valence-corrected chi connectivity index (χ2v) is 8.55. The van der Waals surface area contributed by atoms with Gasteiger partial charge in [-0.15, -0.1) is 0 Å². The van der Waals surface area contributed by atoms with E-state index in [1.54, 1.807) is 0 Å². The molecular formula is C25H27Cl2F2N5O2. The predicted molar refractivity (Wildman–Crippen MR) is 138 cm³/mol. The third kappa shape index (κ3) is 7.49. The Hall–Kier alpha value is -3.01. The number of nitrogens with zero attached hydrogens (tertiary/aromatic N) is 3. The molecule has 7 nitrogen and oxygen atoms in total. The first-order chi connectivity index (χ1) is 17.3. The number of ether oxygens (including phenoxy) is 1. The molecule has 0 fully saturated rings. The molecule has 2 amide bonds. The highest BCUT2D eigenvalue weighted by Crippen LogP contribution is 2.29. The highest BCUT2D eigenvalue weighted by Gasteiger charge is 2.13. The summed E-state index contributed by atoms with van der Waals surface area (Å²) in [5.74, 6) is -0.857. The van der Waals surface area contributed by atoms with Gasteiger partial charge in [0.15, 0.2) is 17.4 Å². The van der Waals surface area contributed by atoms with E-state index in [0.29, 0.717) is 34.2 Å². The number of benzene rings is 2. The maximum absolute atomic E-state index is 14.3. The monoisotopic (exact) mass is 537 g/mol. The summed E-state index contributed by atoms with van der Waals surface area (Å²) in [7, 11) is 0. The number of nitrogens with one attached hydrogen (secondary N) is 2. The number of carbonyl (C=O) groups excluding carboxylic acids is 1. The molecule has 2 N–H and O–H groups in total. The predicted octanol–water partition coefficient (Wildman–Crippen LogP) is 5.81. The lowest BCUT2D eigenvalue weighted by atomic mass is 10.1. The molecule has 0 aliphatic carbocycles. The topological polar surface area (TPSA) is 79.4 Å². The molecule has 3 rings (SSSR count). The first-order valence-electron chi connectivity index (χ1n) is 11.5. The minimum absolute atomic E-state index is 0.0190. The Bertz CT molecular complexity index is 1180. The third-order valence-electron chi connectivity index (χ3n) is 5.46. The van der Waals surface area contributed by atoms with Crippen LogP contribution in [-0.4, -0.2) is 53.7 Å². The van der Waals surface area contributed by atoms with E-state index in [9.17, 15) is 13.6 Å². The summed E-state index contributed by atoms with van der Waals surface area (Å²) in [6.45, 7) is 7.27. The standard InChI is InChI=1S/C25H27Cl2F2N5O2/c1-3-34(4-2)11-10-30-25(35)33-17-14-31-24(32-15-17)16-5-7-20(28)22(13-16)36-12-9-18-19(26)6-8-21(29)23(18)27/h5-8,13-15H,3-4,9-12H2,1-2H3,(H2,30,33,35). The molecule has 36 heavy (non-hydrogen) atoms. The molecule has 0 bridgehead atoms. The van der Waals surface area contributed by atoms with E-state index in [1.807, 2.05) is 0 Å². The van der Waals surface area contributed by atoms with Crippen molar-refractivity contribution in [2.75, 3.05) is 38.1 Å². The van der Waals surface area contributed by atoms with Crippen molar-refractivity contribution in [1.29, 1.82) is 0 Å². The number of hydrogen-bond donors (Lipinski definition) is 2. The number of urea groups is 1. The SMILES string of the molecule is CCN(CC)CCNC(=O)Nc1cnc(-c2ccc(F)c(OCCc3c(Cl)ccc(F)c3Cl)c2)nc1. The summed E-state index contributed by atoms with van der Waals surface area (Å²) in [5.41, 5.74) is 1.32. The molecule has 192 valence electrons. The van der Waals surface area contributed by atoms with Crippen LogP contribution in [0.25, 0.3) is 11.4 Å². The van der Waals surface area contributed by atoms with E-state index < -0.39 is 11.6 Å². The van der Waals surface area contributed by atoms with Gasteiger partial charge in [0.05, 0.1) is 29.7 Å². The largest absolute Gasteiger partial charge is 0.490 e. The van der Waals surface area contributed by atoms with Gasteiger partial charge in [-0.05, 0) is 49.0 Å². The summed E-state index contributed by atoms with van der Waals surface area (Å²) in [4.78, 5) is 22.8. The molecule has 0 radical (unpaired) electrons. The molecule has 3 aromatic rings. The fraction of sp³-hybridized carbons (Fsp3) is 0.320. The zero-order chi connectivity index (χ0) is 26.1. The Labute approximate surface area is 218 Å². The summed E-state index contributed by atoms with van der Waals surface area (Å²) in [6, 6.07) is 6.46. The number of hydrogen-bond acceptors (Lipinski definition) is 5. The van der Waals surface area contributed by atoms with E-state index >= 15 is 0 Å². The number of carbonyl (C=O) groups is 1. The Balaban J connectivity index is 1.58. The molecule has 0 unspecified atom stereocenters. The van der Waals surface area contributed by atoms with Crippen molar-refractivity contribution in [2.24, 2.45) is 0 Å². The summed E-state index contributed by atoms with van der Waals surface area (Å²) < 4.78 is 33.6. The number of amides is 2. The highest BCUT2D eigenvalue weighted by atomic mass is 35.5. The molecular weight excluding hydrogens is 511 g/mol. The van der Waals surface area contributed by atoms with E-state index in [-0.39, 0.29) is 29.8 Å². The molecule has 0 spiro atoms. The normalized spacial score (nSPS) is 11.0. The van der Waals surface area contributed by atoms with Crippen molar-refractivity contribution >= 4 is 34.9 Å². The lowest BCUT2D eigenvalue weighted by molar-refractivity contribution is 0.248. The van der Waals surface area contributed by atoms with Crippen molar-refractivity contribution < 1.29 is 18.3 Å². The molecule has 0 aliphatic rings. The van der Waals surface area contributed by atoms with Crippen LogP contribution < -0.4 is 15.4 Å². The van der Waals surface area contributed by atoms with Crippen LogP contribution in [-0.2, 0) is 6.42 Å². The second-order valence-electron chi connectivity index (χ2n) is 7.77. The van der Waals surface area contributed by atoms with Gasteiger partial charge < -0.3 is 20.3 Å². The van der Waals surface area contributed by atoms with Crippen molar-refractivity contribution in [3.05, 3.63) is 70.0 Å². The van der Waals surface area contributed by atoms with Gasteiger partial charge >= 0.3 is 6.03 Å². The van der Waals surface area contributed by atoms with Crippen molar-refractivity contribution in [3.63, 3.8) is 0 Å². The molecule has 0 atom stereocenters. The average molecular weight is 538 g/mol. The third-order valence-corrected chi connectivity index (χ3v) is 6.22. The number of halogens is 4. The number of rotatable bonds is 11. The Morgan fingerprint density at radius 3 is 2.44 bits per heavy atom. The second kappa shape index (κ2) is 13.3. The zero-order valence-electron chi connectivity index (χ0n) is 20.0. The van der Waals surface area contributed by atoms with E-state index in [0.717, 1.165) is 19.6 Å². The van der Waals surface area contributed by atoms with Gasteiger partial charge in [0, 0.05) is 30.1 Å². The Morgan fingerprint density at radius 2 is 1.75 bits per heavy atom. The highest BCUT2D eigenvalue weighted by molar-refractivity contribution is 6.36. The lowest BCUT2D eigenvalue weighted by Crippen LogP contribution is -2.36. The van der Waals surface area contributed by atoms with Crippen molar-refractivity contribution in [3.8, 4) is 17.1 Å². The van der Waals surface area contributed by atoms with Crippen LogP contribution in [0.4, 0.5) is 19.3 Å². The first-order valence-corrected chi connectivity index (χ1v) is 12.2. The van der Waals surface area contributed by atoms with Gasteiger partial charge in [-0.1, -0.05) is 37.0 Å². The van der Waals surface area contributed by atoms with Gasteiger partial charge in [-0.25, -0.2) is 23.5 Å². The quantitative estimate of drug-likeness (QED) is 0.301. The van der Waals surface area contributed by atoms with E-state index in [2.05, 4.69) is 39.3 Å². The molecule has 2 aromatic carbocycles. The number of anilines is 1. The number of aromatic nitrogens is 2. The Kier molecular flexibility index (Phi) is 10.2. The van der Waals surface area contributed by atoms with Crippen LogP contribution in [0.5, 0.6) is 5.75 Å². The number of likely N-dealkylation sites (N-methyl/N-ethyl adjacent to an activating group) is 1. The maximum atomic E-state index is 14.3. The average Bonchev–Trinajstić information content (AvgIpc) is 2.88. The zero-order valence-corrected chi connectivity index (χ0v) is 21.5. The summed E-state index contributed by atoms with van der Waals surface area (Å²) in [5, 5.41) is 5.69. The van der Waals surface area contributed by atoms with Gasteiger partial charge in [-0.3, -0.25) is 0 Å². The smallest absolute Gasteiger partial charge is 0.319 e. The minimum atomic E-state index is -0.587. The van der Waals surface area contributed by atoms with Crippen LogP contribution in [0, 0.1) is 11.6 Å². The first kappa shape index (κ1) is 27.6. The maximum Gasteiger partial charge on any atom is 0.319 e.